The normalized spacial score (nSPS) is 16.6. The quantitative estimate of drug-likeness (QED) is 0.904. The van der Waals surface area contributed by atoms with Gasteiger partial charge in [-0.2, -0.15) is 0 Å². The fraction of sp³-hybridized carbons (Fsp3) is 0.600. The predicted octanol–water partition coefficient (Wildman–Crippen LogP) is 3.98. The first kappa shape index (κ1) is 13.7. The fourth-order valence-corrected chi connectivity index (χ4v) is 3.96. The van der Waals surface area contributed by atoms with Crippen LogP contribution >= 0.6 is 11.8 Å². The first-order valence-electron chi connectivity index (χ1n) is 7.61. The highest BCUT2D eigenvalue weighted by Crippen LogP contribution is 2.34. The molecule has 0 spiro atoms. The number of anilines is 1. The van der Waals surface area contributed by atoms with Crippen LogP contribution in [0.4, 0.5) is 5.82 Å². The lowest BCUT2D eigenvalue weighted by atomic mass is 10.0. The first-order valence-corrected chi connectivity index (χ1v) is 8.49. The summed E-state index contributed by atoms with van der Waals surface area (Å²) >= 11 is 1.91. The number of hydrogen-bond acceptors (Lipinski definition) is 4. The molecule has 0 amide bonds. The molecule has 0 aromatic carbocycles. The van der Waals surface area contributed by atoms with E-state index in [1.807, 2.05) is 30.4 Å². The molecule has 1 aliphatic carbocycles. The summed E-state index contributed by atoms with van der Waals surface area (Å²) in [5.41, 5.74) is 0.989. The number of rotatable bonds is 5. The zero-order valence-electron chi connectivity index (χ0n) is 12.0. The third-order valence-electron chi connectivity index (χ3n) is 3.73. The van der Waals surface area contributed by atoms with Crippen molar-refractivity contribution in [1.82, 2.24) is 14.4 Å². The second-order valence-corrected chi connectivity index (χ2v) is 6.68. The Morgan fingerprint density at radius 1 is 1.35 bits per heavy atom. The molecule has 0 aliphatic heterocycles. The monoisotopic (exact) mass is 290 g/mol. The van der Waals surface area contributed by atoms with Crippen molar-refractivity contribution in [3.05, 3.63) is 18.6 Å². The van der Waals surface area contributed by atoms with Gasteiger partial charge in [0.15, 0.2) is 5.65 Å². The Morgan fingerprint density at radius 3 is 3.00 bits per heavy atom. The van der Waals surface area contributed by atoms with Gasteiger partial charge in [-0.1, -0.05) is 37.9 Å². The van der Waals surface area contributed by atoms with Gasteiger partial charge in [-0.25, -0.2) is 9.97 Å². The molecule has 0 radical (unpaired) electrons. The molecule has 1 fully saturated rings. The van der Waals surface area contributed by atoms with Gasteiger partial charge >= 0.3 is 0 Å². The molecule has 4 nitrogen and oxygen atoms in total. The van der Waals surface area contributed by atoms with Crippen LogP contribution in [0.3, 0.4) is 0 Å². The molecule has 0 saturated heterocycles. The fourth-order valence-electron chi connectivity index (χ4n) is 2.66. The van der Waals surface area contributed by atoms with Crippen molar-refractivity contribution in [2.24, 2.45) is 0 Å². The number of hydrogen-bond donors (Lipinski definition) is 1. The summed E-state index contributed by atoms with van der Waals surface area (Å²) in [6.45, 7) is 3.13. The van der Waals surface area contributed by atoms with E-state index >= 15 is 0 Å². The molecule has 2 aromatic rings. The Bertz CT molecular complexity index is 560. The van der Waals surface area contributed by atoms with Gasteiger partial charge in [0.1, 0.15) is 10.8 Å². The largest absolute Gasteiger partial charge is 0.369 e. The number of nitrogens with zero attached hydrogens (tertiary/aromatic N) is 3. The van der Waals surface area contributed by atoms with E-state index in [0.29, 0.717) is 5.25 Å². The van der Waals surface area contributed by atoms with Gasteiger partial charge in [0.05, 0.1) is 6.20 Å². The molecular weight excluding hydrogens is 268 g/mol. The molecule has 2 heterocycles. The summed E-state index contributed by atoms with van der Waals surface area (Å²) in [6, 6.07) is 0. The Balaban J connectivity index is 1.84. The maximum Gasteiger partial charge on any atom is 0.169 e. The van der Waals surface area contributed by atoms with E-state index in [2.05, 4.69) is 21.6 Å². The number of fused-ring (bicyclic) bond motifs is 1. The summed E-state index contributed by atoms with van der Waals surface area (Å²) in [7, 11) is 0. The highest BCUT2D eigenvalue weighted by molar-refractivity contribution is 8.00. The molecule has 1 aliphatic rings. The lowest BCUT2D eigenvalue weighted by Crippen LogP contribution is -2.10. The highest BCUT2D eigenvalue weighted by atomic mass is 32.2. The van der Waals surface area contributed by atoms with Crippen molar-refractivity contribution < 1.29 is 0 Å². The summed E-state index contributed by atoms with van der Waals surface area (Å²) in [5, 5.41) is 5.16. The summed E-state index contributed by atoms with van der Waals surface area (Å²) in [5.74, 6) is 0.954. The maximum absolute atomic E-state index is 4.77. The van der Waals surface area contributed by atoms with Gasteiger partial charge in [0, 0.05) is 24.2 Å². The molecule has 0 bridgehead atoms. The summed E-state index contributed by atoms with van der Waals surface area (Å²) < 4.78 is 2.08. The molecule has 5 heteroatoms. The van der Waals surface area contributed by atoms with Crippen LogP contribution in [0.25, 0.3) is 5.65 Å². The van der Waals surface area contributed by atoms with Crippen LogP contribution in [0.1, 0.15) is 45.4 Å². The molecule has 20 heavy (non-hydrogen) atoms. The topological polar surface area (TPSA) is 42.2 Å². The smallest absolute Gasteiger partial charge is 0.169 e. The Morgan fingerprint density at radius 2 is 2.20 bits per heavy atom. The zero-order valence-corrected chi connectivity index (χ0v) is 12.8. The van der Waals surface area contributed by atoms with Gasteiger partial charge in [0.25, 0.3) is 0 Å². The molecule has 3 rings (SSSR count). The van der Waals surface area contributed by atoms with Gasteiger partial charge in [-0.05, 0) is 19.3 Å². The van der Waals surface area contributed by atoms with Crippen LogP contribution in [0.2, 0.25) is 0 Å². The molecular formula is C15H22N4S. The van der Waals surface area contributed by atoms with Crippen LogP contribution in [0, 0.1) is 0 Å². The summed E-state index contributed by atoms with van der Waals surface area (Å²) in [4.78, 5) is 9.23. The Kier molecular flexibility index (Phi) is 4.45. The Labute approximate surface area is 124 Å². The minimum Gasteiger partial charge on any atom is -0.369 e. The summed E-state index contributed by atoms with van der Waals surface area (Å²) in [6.07, 6.45) is 13.7. The van der Waals surface area contributed by atoms with Crippen LogP contribution in [0.5, 0.6) is 0 Å². The van der Waals surface area contributed by atoms with Crippen molar-refractivity contribution in [3.63, 3.8) is 0 Å². The second kappa shape index (κ2) is 6.48. The van der Waals surface area contributed by atoms with E-state index in [-0.39, 0.29) is 0 Å². The van der Waals surface area contributed by atoms with E-state index in [1.165, 1.54) is 32.1 Å². The molecule has 0 atom stereocenters. The van der Waals surface area contributed by atoms with Crippen molar-refractivity contribution >= 4 is 23.2 Å². The standard InChI is InChI=1S/C15H22N4S/c1-2-8-16-13-11-19-10-9-17-14(19)15(18-13)20-12-6-4-3-5-7-12/h9-12,16H,2-8H2,1H3. The van der Waals surface area contributed by atoms with Crippen molar-refractivity contribution in [3.8, 4) is 0 Å². The number of aromatic nitrogens is 3. The van der Waals surface area contributed by atoms with Gasteiger partial charge in [-0.15, -0.1) is 0 Å². The van der Waals surface area contributed by atoms with E-state index in [4.69, 9.17) is 4.98 Å². The molecule has 1 N–H and O–H groups in total. The van der Waals surface area contributed by atoms with E-state index in [9.17, 15) is 0 Å². The van der Waals surface area contributed by atoms with Crippen LogP contribution < -0.4 is 5.32 Å². The van der Waals surface area contributed by atoms with Gasteiger partial charge in [0.2, 0.25) is 0 Å². The second-order valence-electron chi connectivity index (χ2n) is 5.39. The van der Waals surface area contributed by atoms with E-state index < -0.39 is 0 Å². The van der Waals surface area contributed by atoms with Gasteiger partial charge < -0.3 is 9.72 Å². The highest BCUT2D eigenvalue weighted by Gasteiger charge is 2.18. The lowest BCUT2D eigenvalue weighted by Gasteiger charge is -2.20. The lowest BCUT2D eigenvalue weighted by molar-refractivity contribution is 0.516. The predicted molar refractivity (Wildman–Crippen MR) is 84.5 cm³/mol. The number of imidazole rings is 1. The Hall–Kier alpha value is -1.23. The van der Waals surface area contributed by atoms with Crippen molar-refractivity contribution in [2.45, 2.75) is 55.7 Å². The SMILES string of the molecule is CCCNc1cn2ccnc2c(SC2CCCCC2)n1. The third-order valence-corrected chi connectivity index (χ3v) is 5.03. The van der Waals surface area contributed by atoms with Crippen LogP contribution in [-0.4, -0.2) is 26.2 Å². The average molecular weight is 290 g/mol. The zero-order chi connectivity index (χ0) is 13.8. The number of thioether (sulfide) groups is 1. The third kappa shape index (κ3) is 3.08. The van der Waals surface area contributed by atoms with Crippen LogP contribution in [0.15, 0.2) is 23.6 Å². The molecule has 0 unspecified atom stereocenters. The number of nitrogens with one attached hydrogen (secondary N) is 1. The van der Waals surface area contributed by atoms with E-state index in [0.717, 1.165) is 29.5 Å². The van der Waals surface area contributed by atoms with Crippen molar-refractivity contribution in [1.29, 1.82) is 0 Å². The molecule has 2 aromatic heterocycles. The van der Waals surface area contributed by atoms with Crippen LogP contribution in [-0.2, 0) is 0 Å². The minimum absolute atomic E-state index is 0.707. The minimum atomic E-state index is 0.707. The van der Waals surface area contributed by atoms with Gasteiger partial charge in [-0.3, -0.25) is 0 Å². The maximum atomic E-state index is 4.77. The van der Waals surface area contributed by atoms with Crippen molar-refractivity contribution in [2.75, 3.05) is 11.9 Å². The first-order chi connectivity index (χ1) is 9.86. The molecule has 108 valence electrons. The molecule has 1 saturated carbocycles. The average Bonchev–Trinajstić information content (AvgIpc) is 2.95. The van der Waals surface area contributed by atoms with E-state index in [1.54, 1.807) is 0 Å².